The predicted octanol–water partition coefficient (Wildman–Crippen LogP) is 2.55. The standard InChI is InChI=1S/C14H23NO2/c1-14(2,3)10-7-8-12(17-6)11(9-10)13(16)15(4)5/h7-9,13,16H,1-6H3. The van der Waals surface area contributed by atoms with E-state index in [-0.39, 0.29) is 5.41 Å². The number of benzene rings is 1. The second kappa shape index (κ2) is 5.07. The summed E-state index contributed by atoms with van der Waals surface area (Å²) in [4.78, 5) is 1.75. The van der Waals surface area contributed by atoms with Crippen molar-refractivity contribution in [2.24, 2.45) is 0 Å². The molecule has 1 aromatic rings. The van der Waals surface area contributed by atoms with Crippen LogP contribution in [-0.2, 0) is 5.41 Å². The van der Waals surface area contributed by atoms with Crippen LogP contribution in [0.5, 0.6) is 5.75 Å². The Morgan fingerprint density at radius 3 is 2.24 bits per heavy atom. The van der Waals surface area contributed by atoms with Crippen molar-refractivity contribution in [2.75, 3.05) is 21.2 Å². The molecule has 0 saturated heterocycles. The summed E-state index contributed by atoms with van der Waals surface area (Å²) in [5.74, 6) is 0.721. The van der Waals surface area contributed by atoms with Crippen molar-refractivity contribution in [3.8, 4) is 5.75 Å². The highest BCUT2D eigenvalue weighted by Gasteiger charge is 2.20. The van der Waals surface area contributed by atoms with E-state index < -0.39 is 6.23 Å². The molecule has 0 aliphatic carbocycles. The molecule has 0 aliphatic heterocycles. The fourth-order valence-corrected chi connectivity index (χ4v) is 1.68. The van der Waals surface area contributed by atoms with E-state index in [1.807, 2.05) is 32.3 Å². The summed E-state index contributed by atoms with van der Waals surface area (Å²) in [6, 6.07) is 5.98. The maximum absolute atomic E-state index is 10.1. The highest BCUT2D eigenvalue weighted by Crippen LogP contribution is 2.32. The Kier molecular flexibility index (Phi) is 4.17. The number of nitrogens with zero attached hydrogens (tertiary/aromatic N) is 1. The van der Waals surface area contributed by atoms with E-state index >= 15 is 0 Å². The van der Waals surface area contributed by atoms with Crippen LogP contribution in [0.15, 0.2) is 18.2 Å². The summed E-state index contributed by atoms with van der Waals surface area (Å²) in [6.45, 7) is 6.46. The molecule has 0 saturated carbocycles. The Morgan fingerprint density at radius 2 is 1.82 bits per heavy atom. The molecule has 0 amide bonds. The van der Waals surface area contributed by atoms with Crippen molar-refractivity contribution < 1.29 is 9.84 Å². The smallest absolute Gasteiger partial charge is 0.136 e. The van der Waals surface area contributed by atoms with Crippen molar-refractivity contribution >= 4 is 0 Å². The number of aliphatic hydroxyl groups excluding tert-OH is 1. The molecular formula is C14H23NO2. The summed E-state index contributed by atoms with van der Waals surface area (Å²) in [6.07, 6.45) is -0.646. The zero-order valence-corrected chi connectivity index (χ0v) is 11.6. The van der Waals surface area contributed by atoms with Gasteiger partial charge in [-0.3, -0.25) is 4.90 Å². The van der Waals surface area contributed by atoms with Crippen molar-refractivity contribution in [1.82, 2.24) is 4.90 Å². The van der Waals surface area contributed by atoms with Crippen LogP contribution in [0.4, 0.5) is 0 Å². The lowest BCUT2D eigenvalue weighted by atomic mass is 9.86. The van der Waals surface area contributed by atoms with Crippen LogP contribution in [0.1, 0.15) is 38.1 Å². The van der Waals surface area contributed by atoms with Crippen LogP contribution in [0, 0.1) is 0 Å². The van der Waals surface area contributed by atoms with E-state index in [4.69, 9.17) is 4.74 Å². The van der Waals surface area contributed by atoms with Gasteiger partial charge in [0.2, 0.25) is 0 Å². The number of hydrogen-bond donors (Lipinski definition) is 1. The minimum atomic E-state index is -0.646. The SMILES string of the molecule is COc1ccc(C(C)(C)C)cc1C(O)N(C)C. The van der Waals surface area contributed by atoms with Gasteiger partial charge in [-0.05, 0) is 37.2 Å². The van der Waals surface area contributed by atoms with Crippen molar-refractivity contribution in [3.05, 3.63) is 29.3 Å². The van der Waals surface area contributed by atoms with E-state index in [1.54, 1.807) is 12.0 Å². The summed E-state index contributed by atoms with van der Waals surface area (Å²) in [5.41, 5.74) is 2.06. The average Bonchev–Trinajstić information content (AvgIpc) is 2.25. The van der Waals surface area contributed by atoms with Crippen LogP contribution in [0.25, 0.3) is 0 Å². The van der Waals surface area contributed by atoms with E-state index in [2.05, 4.69) is 20.8 Å². The van der Waals surface area contributed by atoms with Gasteiger partial charge < -0.3 is 9.84 Å². The van der Waals surface area contributed by atoms with Gasteiger partial charge in [-0.15, -0.1) is 0 Å². The lowest BCUT2D eigenvalue weighted by molar-refractivity contribution is 0.0373. The van der Waals surface area contributed by atoms with E-state index in [9.17, 15) is 5.11 Å². The van der Waals surface area contributed by atoms with Crippen LogP contribution < -0.4 is 4.74 Å². The molecule has 1 atom stereocenters. The van der Waals surface area contributed by atoms with E-state index in [0.29, 0.717) is 0 Å². The second-order valence-electron chi connectivity index (χ2n) is 5.54. The molecule has 3 heteroatoms. The third-order valence-electron chi connectivity index (χ3n) is 2.86. The molecule has 0 spiro atoms. The Labute approximate surface area is 104 Å². The van der Waals surface area contributed by atoms with Gasteiger partial charge in [0, 0.05) is 5.56 Å². The van der Waals surface area contributed by atoms with Gasteiger partial charge in [0.15, 0.2) is 0 Å². The fourth-order valence-electron chi connectivity index (χ4n) is 1.68. The van der Waals surface area contributed by atoms with Crippen molar-refractivity contribution in [3.63, 3.8) is 0 Å². The molecule has 1 N–H and O–H groups in total. The van der Waals surface area contributed by atoms with E-state index in [1.165, 1.54) is 5.56 Å². The first-order chi connectivity index (χ1) is 7.77. The number of aliphatic hydroxyl groups is 1. The first kappa shape index (κ1) is 14.0. The lowest BCUT2D eigenvalue weighted by Crippen LogP contribution is -2.21. The van der Waals surface area contributed by atoms with Crippen LogP contribution >= 0.6 is 0 Å². The summed E-state index contributed by atoms with van der Waals surface area (Å²) in [7, 11) is 5.31. The molecule has 1 aromatic carbocycles. The van der Waals surface area contributed by atoms with Gasteiger partial charge >= 0.3 is 0 Å². The average molecular weight is 237 g/mol. The quantitative estimate of drug-likeness (QED) is 0.820. The minimum Gasteiger partial charge on any atom is -0.496 e. The second-order valence-corrected chi connectivity index (χ2v) is 5.54. The van der Waals surface area contributed by atoms with Gasteiger partial charge in [-0.1, -0.05) is 26.8 Å². The number of hydrogen-bond acceptors (Lipinski definition) is 3. The molecular weight excluding hydrogens is 214 g/mol. The molecule has 1 rings (SSSR count). The molecule has 0 fully saturated rings. The highest BCUT2D eigenvalue weighted by molar-refractivity contribution is 5.40. The van der Waals surface area contributed by atoms with Crippen LogP contribution in [0.3, 0.4) is 0 Å². The van der Waals surface area contributed by atoms with E-state index in [0.717, 1.165) is 11.3 Å². The molecule has 0 aliphatic rings. The minimum absolute atomic E-state index is 0.0626. The molecule has 0 radical (unpaired) electrons. The zero-order chi connectivity index (χ0) is 13.2. The Bertz CT molecular complexity index is 380. The largest absolute Gasteiger partial charge is 0.496 e. The summed E-state index contributed by atoms with van der Waals surface area (Å²) >= 11 is 0. The Hall–Kier alpha value is -1.06. The molecule has 96 valence electrons. The summed E-state index contributed by atoms with van der Waals surface area (Å²) in [5, 5.41) is 10.1. The maximum atomic E-state index is 10.1. The van der Waals surface area contributed by atoms with Crippen molar-refractivity contribution in [2.45, 2.75) is 32.4 Å². The molecule has 3 nitrogen and oxygen atoms in total. The van der Waals surface area contributed by atoms with Gasteiger partial charge in [0.1, 0.15) is 12.0 Å². The molecule has 0 bridgehead atoms. The number of ether oxygens (including phenoxy) is 1. The number of methoxy groups -OCH3 is 1. The first-order valence-corrected chi connectivity index (χ1v) is 5.80. The fraction of sp³-hybridized carbons (Fsp3) is 0.571. The number of rotatable bonds is 3. The highest BCUT2D eigenvalue weighted by atomic mass is 16.5. The van der Waals surface area contributed by atoms with Crippen molar-refractivity contribution in [1.29, 1.82) is 0 Å². The molecule has 17 heavy (non-hydrogen) atoms. The van der Waals surface area contributed by atoms with Gasteiger partial charge in [-0.25, -0.2) is 0 Å². The molecule has 0 aromatic heterocycles. The Balaban J connectivity index is 3.25. The van der Waals surface area contributed by atoms with Gasteiger partial charge in [0.25, 0.3) is 0 Å². The first-order valence-electron chi connectivity index (χ1n) is 5.80. The van der Waals surface area contributed by atoms with Gasteiger partial charge in [-0.2, -0.15) is 0 Å². The maximum Gasteiger partial charge on any atom is 0.136 e. The third kappa shape index (κ3) is 3.20. The van der Waals surface area contributed by atoms with Crippen LogP contribution in [0.2, 0.25) is 0 Å². The lowest BCUT2D eigenvalue weighted by Gasteiger charge is -2.25. The normalized spacial score (nSPS) is 13.9. The zero-order valence-electron chi connectivity index (χ0n) is 11.6. The monoisotopic (exact) mass is 237 g/mol. The predicted molar refractivity (Wildman–Crippen MR) is 70.3 cm³/mol. The molecule has 0 heterocycles. The van der Waals surface area contributed by atoms with Crippen LogP contribution in [-0.4, -0.2) is 31.2 Å². The topological polar surface area (TPSA) is 32.7 Å². The Morgan fingerprint density at radius 1 is 1.24 bits per heavy atom. The third-order valence-corrected chi connectivity index (χ3v) is 2.86. The van der Waals surface area contributed by atoms with Gasteiger partial charge in [0.05, 0.1) is 7.11 Å². The molecule has 1 unspecified atom stereocenters. The summed E-state index contributed by atoms with van der Waals surface area (Å²) < 4.78 is 5.30.